The molecule has 1 aliphatic heterocycles. The third-order valence-corrected chi connectivity index (χ3v) is 2.73. The van der Waals surface area contributed by atoms with Gasteiger partial charge < -0.3 is 4.74 Å². The molecule has 0 spiro atoms. The lowest BCUT2D eigenvalue weighted by Gasteiger charge is -2.35. The largest absolute Gasteiger partial charge is 0.444 e. The maximum Gasteiger partial charge on any atom is 0.410 e. The molecule has 0 saturated carbocycles. The molecule has 0 aromatic carbocycles. The minimum Gasteiger partial charge on any atom is -0.444 e. The Balaban J connectivity index is 2.10. The van der Waals surface area contributed by atoms with Crippen LogP contribution >= 0.6 is 0 Å². The zero-order chi connectivity index (χ0) is 12.6. The third-order valence-electron chi connectivity index (χ3n) is 2.73. The Kier molecular flexibility index (Phi) is 2.85. The fraction of sp³-hybridized carbons (Fsp3) is 0.667. The zero-order valence-corrected chi connectivity index (χ0v) is 10.8. The van der Waals surface area contributed by atoms with E-state index in [2.05, 4.69) is 5.10 Å². The highest BCUT2D eigenvalue weighted by Gasteiger charge is 2.30. The van der Waals surface area contributed by atoms with Gasteiger partial charge in [-0.15, -0.1) is 0 Å². The molecule has 0 N–H and O–H groups in total. The van der Waals surface area contributed by atoms with Gasteiger partial charge >= 0.3 is 6.09 Å². The number of fused-ring (bicyclic) bond motifs is 1. The number of hydrogen-bond acceptors (Lipinski definition) is 3. The molecule has 0 aliphatic carbocycles. The van der Waals surface area contributed by atoms with E-state index in [0.717, 1.165) is 12.2 Å². The summed E-state index contributed by atoms with van der Waals surface area (Å²) < 4.78 is 7.33. The van der Waals surface area contributed by atoms with E-state index in [1.807, 2.05) is 38.4 Å². The molecule has 94 valence electrons. The average Bonchev–Trinajstić information content (AvgIpc) is 2.60. The second-order valence-electron chi connectivity index (χ2n) is 5.46. The van der Waals surface area contributed by atoms with Gasteiger partial charge in [0.15, 0.2) is 0 Å². The molecule has 17 heavy (non-hydrogen) atoms. The predicted molar refractivity (Wildman–Crippen MR) is 63.5 cm³/mol. The number of ether oxygens (including phenoxy) is 1. The van der Waals surface area contributed by atoms with Crippen molar-refractivity contribution in [3.05, 3.63) is 18.0 Å². The first kappa shape index (κ1) is 12.0. The van der Waals surface area contributed by atoms with Crippen LogP contribution in [0.25, 0.3) is 0 Å². The molecule has 5 nitrogen and oxygen atoms in total. The fourth-order valence-corrected chi connectivity index (χ4v) is 1.90. The highest BCUT2D eigenvalue weighted by atomic mass is 16.6. The molecule has 2 heterocycles. The van der Waals surface area contributed by atoms with Crippen molar-refractivity contribution in [3.63, 3.8) is 0 Å². The zero-order valence-electron chi connectivity index (χ0n) is 10.8. The SMILES string of the molecule is CC1Cn2nccc2CN1C(=O)OC(C)(C)C. The van der Waals surface area contributed by atoms with Crippen LogP contribution in [0.5, 0.6) is 0 Å². The monoisotopic (exact) mass is 237 g/mol. The van der Waals surface area contributed by atoms with E-state index in [1.54, 1.807) is 11.1 Å². The topological polar surface area (TPSA) is 47.4 Å². The number of hydrogen-bond donors (Lipinski definition) is 0. The molecule has 0 radical (unpaired) electrons. The maximum absolute atomic E-state index is 12.0. The Morgan fingerprint density at radius 1 is 1.53 bits per heavy atom. The van der Waals surface area contributed by atoms with Gasteiger partial charge in [-0.2, -0.15) is 5.10 Å². The fourth-order valence-electron chi connectivity index (χ4n) is 1.90. The second-order valence-corrected chi connectivity index (χ2v) is 5.46. The molecule has 1 unspecified atom stereocenters. The molecule has 1 aromatic heterocycles. The minimum absolute atomic E-state index is 0.109. The van der Waals surface area contributed by atoms with Crippen molar-refractivity contribution in [1.29, 1.82) is 0 Å². The summed E-state index contributed by atoms with van der Waals surface area (Å²) in [7, 11) is 0. The lowest BCUT2D eigenvalue weighted by atomic mass is 10.2. The summed E-state index contributed by atoms with van der Waals surface area (Å²) in [4.78, 5) is 13.8. The normalized spacial score (nSPS) is 20.0. The summed E-state index contributed by atoms with van der Waals surface area (Å²) in [5, 5.41) is 4.21. The Morgan fingerprint density at radius 2 is 2.24 bits per heavy atom. The molecule has 2 rings (SSSR count). The quantitative estimate of drug-likeness (QED) is 0.693. The van der Waals surface area contributed by atoms with Gasteiger partial charge in [0.25, 0.3) is 0 Å². The number of nitrogens with zero attached hydrogens (tertiary/aromatic N) is 3. The van der Waals surface area contributed by atoms with Gasteiger partial charge in [0, 0.05) is 6.20 Å². The van der Waals surface area contributed by atoms with Gasteiger partial charge in [-0.3, -0.25) is 9.58 Å². The Hall–Kier alpha value is -1.52. The first-order valence-electron chi connectivity index (χ1n) is 5.87. The van der Waals surface area contributed by atoms with E-state index >= 15 is 0 Å². The smallest absolute Gasteiger partial charge is 0.410 e. The van der Waals surface area contributed by atoms with Crippen LogP contribution in [0.15, 0.2) is 12.3 Å². The standard InChI is InChI=1S/C12H19N3O2/c1-9-7-15-10(5-6-13-15)8-14(9)11(16)17-12(2,3)4/h5-6,9H,7-8H2,1-4H3. The summed E-state index contributed by atoms with van der Waals surface area (Å²) in [5.74, 6) is 0. The Labute approximate surface area is 101 Å². The van der Waals surface area contributed by atoms with E-state index in [4.69, 9.17) is 4.74 Å². The molecule has 0 fully saturated rings. The van der Waals surface area contributed by atoms with Crippen molar-refractivity contribution >= 4 is 6.09 Å². The first-order valence-corrected chi connectivity index (χ1v) is 5.87. The molecule has 1 aromatic rings. The lowest BCUT2D eigenvalue weighted by Crippen LogP contribution is -2.46. The number of aromatic nitrogens is 2. The summed E-state index contributed by atoms with van der Waals surface area (Å²) >= 11 is 0. The van der Waals surface area contributed by atoms with Crippen LogP contribution < -0.4 is 0 Å². The van der Waals surface area contributed by atoms with E-state index in [0.29, 0.717) is 6.54 Å². The van der Waals surface area contributed by atoms with Crippen molar-refractivity contribution in [2.45, 2.75) is 52.4 Å². The maximum atomic E-state index is 12.0. The first-order chi connectivity index (χ1) is 7.87. The van der Waals surface area contributed by atoms with E-state index in [-0.39, 0.29) is 12.1 Å². The van der Waals surface area contributed by atoms with Gasteiger partial charge in [-0.05, 0) is 33.8 Å². The summed E-state index contributed by atoms with van der Waals surface area (Å²) in [6.45, 7) is 8.93. The average molecular weight is 237 g/mol. The number of amides is 1. The highest BCUT2D eigenvalue weighted by molar-refractivity contribution is 5.68. The molecule has 0 bridgehead atoms. The van der Waals surface area contributed by atoms with Crippen LogP contribution in [-0.2, 0) is 17.8 Å². The lowest BCUT2D eigenvalue weighted by molar-refractivity contribution is 0.00907. The molecule has 5 heteroatoms. The summed E-state index contributed by atoms with van der Waals surface area (Å²) in [5.41, 5.74) is 0.600. The molecular formula is C12H19N3O2. The van der Waals surface area contributed by atoms with Crippen molar-refractivity contribution in [1.82, 2.24) is 14.7 Å². The van der Waals surface area contributed by atoms with Crippen molar-refractivity contribution in [2.24, 2.45) is 0 Å². The minimum atomic E-state index is -0.450. The van der Waals surface area contributed by atoms with E-state index in [1.165, 1.54) is 0 Å². The molecular weight excluding hydrogens is 218 g/mol. The van der Waals surface area contributed by atoms with Crippen LogP contribution in [0.2, 0.25) is 0 Å². The van der Waals surface area contributed by atoms with Gasteiger partial charge in [0.2, 0.25) is 0 Å². The van der Waals surface area contributed by atoms with Crippen LogP contribution in [-0.4, -0.2) is 32.4 Å². The van der Waals surface area contributed by atoms with Gasteiger partial charge in [0.05, 0.1) is 24.8 Å². The molecule has 1 amide bonds. The predicted octanol–water partition coefficient (Wildman–Crippen LogP) is 2.02. The van der Waals surface area contributed by atoms with E-state index in [9.17, 15) is 4.79 Å². The summed E-state index contributed by atoms with van der Waals surface area (Å²) in [6, 6.07) is 2.04. The summed E-state index contributed by atoms with van der Waals surface area (Å²) in [6.07, 6.45) is 1.51. The second kappa shape index (κ2) is 4.05. The van der Waals surface area contributed by atoms with Gasteiger partial charge in [0.1, 0.15) is 5.60 Å². The van der Waals surface area contributed by atoms with Crippen molar-refractivity contribution < 1.29 is 9.53 Å². The van der Waals surface area contributed by atoms with Crippen molar-refractivity contribution in [3.8, 4) is 0 Å². The highest BCUT2D eigenvalue weighted by Crippen LogP contribution is 2.19. The number of rotatable bonds is 0. The van der Waals surface area contributed by atoms with Crippen LogP contribution in [0.1, 0.15) is 33.4 Å². The number of carbonyl (C=O) groups is 1. The molecule has 1 aliphatic rings. The van der Waals surface area contributed by atoms with Crippen molar-refractivity contribution in [2.75, 3.05) is 0 Å². The van der Waals surface area contributed by atoms with E-state index < -0.39 is 5.60 Å². The van der Waals surface area contributed by atoms with Crippen LogP contribution in [0, 0.1) is 0 Å². The Morgan fingerprint density at radius 3 is 2.88 bits per heavy atom. The van der Waals surface area contributed by atoms with Gasteiger partial charge in [-0.25, -0.2) is 4.79 Å². The van der Waals surface area contributed by atoms with Crippen LogP contribution in [0.3, 0.4) is 0 Å². The van der Waals surface area contributed by atoms with Gasteiger partial charge in [-0.1, -0.05) is 0 Å². The molecule has 1 atom stereocenters. The number of carbonyl (C=O) groups excluding carboxylic acids is 1. The molecule has 0 saturated heterocycles. The Bertz CT molecular complexity index is 420. The van der Waals surface area contributed by atoms with Crippen LogP contribution in [0.4, 0.5) is 4.79 Å². The third kappa shape index (κ3) is 2.60.